The minimum atomic E-state index is -0.429. The second-order valence-corrected chi connectivity index (χ2v) is 7.95. The lowest BCUT2D eigenvalue weighted by molar-refractivity contribution is -0.384. The van der Waals surface area contributed by atoms with Gasteiger partial charge in [0.1, 0.15) is 5.84 Å². The van der Waals surface area contributed by atoms with Gasteiger partial charge in [0, 0.05) is 30.2 Å². The lowest BCUT2D eigenvalue weighted by Gasteiger charge is -2.30. The number of nitrogens with one attached hydrogen (secondary N) is 1. The maximum absolute atomic E-state index is 11.2. The van der Waals surface area contributed by atoms with Crippen LogP contribution in [0.4, 0.5) is 17.1 Å². The van der Waals surface area contributed by atoms with Crippen LogP contribution >= 0.6 is 0 Å². The summed E-state index contributed by atoms with van der Waals surface area (Å²) in [6.45, 7) is 0.974. The average Bonchev–Trinajstić information content (AvgIpc) is 2.85. The van der Waals surface area contributed by atoms with Crippen molar-refractivity contribution in [2.24, 2.45) is 9.98 Å². The molecule has 11 heteroatoms. The third-order valence-corrected chi connectivity index (χ3v) is 5.66. The summed E-state index contributed by atoms with van der Waals surface area (Å²) in [4.78, 5) is 32.9. The van der Waals surface area contributed by atoms with Crippen LogP contribution in [0.3, 0.4) is 0 Å². The molecule has 0 radical (unpaired) electrons. The molecule has 2 aromatic carbocycles. The first-order valence-corrected chi connectivity index (χ1v) is 10.9. The highest BCUT2D eigenvalue weighted by molar-refractivity contribution is 6.12. The van der Waals surface area contributed by atoms with Crippen molar-refractivity contribution in [3.63, 3.8) is 0 Å². The van der Waals surface area contributed by atoms with Crippen molar-refractivity contribution in [2.75, 3.05) is 13.7 Å². The molecule has 2 heterocycles. The summed E-state index contributed by atoms with van der Waals surface area (Å²) in [5.74, 6) is 1.38. The Bertz CT molecular complexity index is 1160. The first-order chi connectivity index (χ1) is 16.5. The van der Waals surface area contributed by atoms with Gasteiger partial charge in [-0.3, -0.25) is 20.1 Å². The molecule has 0 fully saturated rings. The van der Waals surface area contributed by atoms with E-state index in [-0.39, 0.29) is 11.6 Å². The molecule has 0 saturated heterocycles. The van der Waals surface area contributed by atoms with Crippen LogP contribution in [0.15, 0.2) is 40.3 Å². The van der Waals surface area contributed by atoms with Gasteiger partial charge in [0.25, 0.3) is 5.69 Å². The summed E-state index contributed by atoms with van der Waals surface area (Å²) in [5.41, 5.74) is 4.50. The van der Waals surface area contributed by atoms with Gasteiger partial charge in [-0.05, 0) is 30.5 Å². The third-order valence-electron chi connectivity index (χ3n) is 5.66. The summed E-state index contributed by atoms with van der Waals surface area (Å²) < 4.78 is 11.5. The molecule has 0 aromatic heterocycles. The number of nitro groups is 1. The lowest BCUT2D eigenvalue weighted by Crippen LogP contribution is -2.34. The number of benzene rings is 2. The number of non-ortho nitro benzene ring substituents is 1. The van der Waals surface area contributed by atoms with Gasteiger partial charge in [0.2, 0.25) is 5.91 Å². The number of ether oxygens (including phenoxy) is 2. The number of nitrogens with zero attached hydrogens (tertiary/aromatic N) is 4. The molecule has 2 N–H and O–H groups in total. The Morgan fingerprint density at radius 1 is 1.18 bits per heavy atom. The maximum atomic E-state index is 11.2. The Hall–Kier alpha value is -3.99. The largest absolute Gasteiger partial charge is 0.493 e. The van der Waals surface area contributed by atoms with Gasteiger partial charge >= 0.3 is 0 Å². The second kappa shape index (κ2) is 10.3. The zero-order valence-electron chi connectivity index (χ0n) is 18.7. The van der Waals surface area contributed by atoms with Crippen LogP contribution in [-0.2, 0) is 11.3 Å². The van der Waals surface area contributed by atoms with Crippen LogP contribution in [0.5, 0.6) is 11.5 Å². The van der Waals surface area contributed by atoms with Crippen LogP contribution in [-0.4, -0.2) is 46.8 Å². The minimum Gasteiger partial charge on any atom is -0.493 e. The lowest BCUT2D eigenvalue weighted by atomic mass is 10.0. The number of hydroxylamine groups is 1. The number of amides is 1. The van der Waals surface area contributed by atoms with Gasteiger partial charge in [-0.2, -0.15) is 0 Å². The zero-order valence-corrected chi connectivity index (χ0v) is 18.7. The number of methoxy groups -OCH3 is 1. The molecule has 2 aromatic rings. The van der Waals surface area contributed by atoms with Gasteiger partial charge in [0.15, 0.2) is 11.5 Å². The molecule has 0 atom stereocenters. The van der Waals surface area contributed by atoms with Gasteiger partial charge in [0.05, 0.1) is 42.9 Å². The van der Waals surface area contributed by atoms with Crippen LogP contribution < -0.4 is 15.0 Å². The predicted octanol–water partition coefficient (Wildman–Crippen LogP) is 4.01. The molecule has 2 aliphatic heterocycles. The van der Waals surface area contributed by atoms with Gasteiger partial charge in [-0.1, -0.05) is 12.8 Å². The second-order valence-electron chi connectivity index (χ2n) is 7.95. The Morgan fingerprint density at radius 3 is 2.76 bits per heavy atom. The predicted molar refractivity (Wildman–Crippen MR) is 124 cm³/mol. The van der Waals surface area contributed by atoms with E-state index in [4.69, 9.17) is 19.7 Å². The van der Waals surface area contributed by atoms with E-state index >= 15 is 0 Å². The molecule has 0 saturated carbocycles. The number of rotatable bonds is 10. The van der Waals surface area contributed by atoms with Crippen LogP contribution in [0, 0.1) is 10.1 Å². The number of unbranched alkanes of at least 4 members (excludes halogenated alkanes) is 3. The summed E-state index contributed by atoms with van der Waals surface area (Å²) in [6, 6.07) is 8.31. The highest BCUT2D eigenvalue weighted by atomic mass is 16.6. The fourth-order valence-corrected chi connectivity index (χ4v) is 3.87. The molecule has 0 unspecified atom stereocenters. The number of fused-ring (bicyclic) bond motifs is 4. The molecule has 4 rings (SSSR count). The molecule has 0 bridgehead atoms. The number of aliphatic imine (C=N–C) groups is 2. The molecule has 11 nitrogen and oxygen atoms in total. The van der Waals surface area contributed by atoms with Gasteiger partial charge in [-0.25, -0.2) is 15.5 Å². The number of carbonyl (C=O) groups excluding carboxylic acids is 1. The van der Waals surface area contributed by atoms with E-state index in [9.17, 15) is 14.9 Å². The van der Waals surface area contributed by atoms with Crippen LogP contribution in [0.2, 0.25) is 0 Å². The van der Waals surface area contributed by atoms with Crippen molar-refractivity contribution in [2.45, 2.75) is 38.6 Å². The van der Waals surface area contributed by atoms with Gasteiger partial charge in [-0.15, -0.1) is 0 Å². The number of carbonyl (C=O) groups is 1. The van der Waals surface area contributed by atoms with E-state index in [0.29, 0.717) is 54.7 Å². The standard InChI is InChI=1S/C23H25N5O6/c1-33-20-12-19-17(11-21(20)34-9-5-3-2-4-6-22(29)26-30)23-25-18-10-16(28(31)32)8-7-15(18)13-27(23)14-24-19/h7-8,10-12,14,30H,2-6,9,13H2,1H3,(H,26,29). The molecule has 0 spiro atoms. The number of amidine groups is 1. The van der Waals surface area contributed by atoms with E-state index in [2.05, 4.69) is 4.99 Å². The van der Waals surface area contributed by atoms with Crippen LogP contribution in [0.1, 0.15) is 43.2 Å². The molecule has 178 valence electrons. The fourth-order valence-electron chi connectivity index (χ4n) is 3.87. The Balaban J connectivity index is 1.49. The molecule has 0 aliphatic carbocycles. The average molecular weight is 467 g/mol. The zero-order chi connectivity index (χ0) is 24.1. The molecule has 34 heavy (non-hydrogen) atoms. The first-order valence-electron chi connectivity index (χ1n) is 10.9. The highest BCUT2D eigenvalue weighted by Crippen LogP contribution is 2.40. The Morgan fingerprint density at radius 2 is 2.00 bits per heavy atom. The van der Waals surface area contributed by atoms with E-state index in [1.807, 2.05) is 11.0 Å². The summed E-state index contributed by atoms with van der Waals surface area (Å²) in [5, 5.41) is 19.7. The number of hydrogen-bond donors (Lipinski definition) is 2. The fraction of sp³-hybridized carbons (Fsp3) is 0.348. The quantitative estimate of drug-likeness (QED) is 0.233. The highest BCUT2D eigenvalue weighted by Gasteiger charge is 2.27. The van der Waals surface area contributed by atoms with Gasteiger partial charge < -0.3 is 14.4 Å². The summed E-state index contributed by atoms with van der Waals surface area (Å²) >= 11 is 0. The molecule has 2 aliphatic rings. The topological polar surface area (TPSA) is 139 Å². The normalized spacial score (nSPS) is 13.4. The summed E-state index contributed by atoms with van der Waals surface area (Å²) in [7, 11) is 1.56. The Labute approximate surface area is 195 Å². The summed E-state index contributed by atoms with van der Waals surface area (Å²) in [6.07, 6.45) is 5.21. The monoisotopic (exact) mass is 467 g/mol. The van der Waals surface area contributed by atoms with E-state index in [1.165, 1.54) is 12.1 Å². The first kappa shape index (κ1) is 23.2. The molecule has 1 amide bonds. The van der Waals surface area contributed by atoms with Crippen molar-refractivity contribution in [3.05, 3.63) is 51.6 Å². The number of hydrogen-bond acceptors (Lipinski definition) is 9. The van der Waals surface area contributed by atoms with Crippen molar-refractivity contribution in [1.29, 1.82) is 0 Å². The maximum Gasteiger partial charge on any atom is 0.271 e. The Kier molecular flexibility index (Phi) is 7.02. The van der Waals surface area contributed by atoms with E-state index in [0.717, 1.165) is 30.4 Å². The van der Waals surface area contributed by atoms with Crippen LogP contribution in [0.25, 0.3) is 0 Å². The molecular weight excluding hydrogens is 442 g/mol. The van der Waals surface area contributed by atoms with Crippen molar-refractivity contribution >= 4 is 35.1 Å². The third kappa shape index (κ3) is 4.99. The van der Waals surface area contributed by atoms with Crippen molar-refractivity contribution in [3.8, 4) is 11.5 Å². The number of nitro benzene ring substituents is 1. The van der Waals surface area contributed by atoms with E-state index in [1.54, 1.807) is 31.1 Å². The van der Waals surface area contributed by atoms with Crippen molar-refractivity contribution < 1.29 is 24.4 Å². The van der Waals surface area contributed by atoms with Crippen molar-refractivity contribution in [1.82, 2.24) is 10.4 Å². The molecular formula is C23H25N5O6. The SMILES string of the molecule is COc1cc2c(cc1OCCCCCCC(=O)NO)C1=Nc3cc([N+](=O)[O-])ccc3CN1C=N2. The van der Waals surface area contributed by atoms with E-state index < -0.39 is 4.92 Å². The minimum absolute atomic E-state index is 0.00278. The smallest absolute Gasteiger partial charge is 0.271 e.